The minimum Gasteiger partial charge on any atom is -0.482 e. The van der Waals surface area contributed by atoms with Crippen LogP contribution in [0.1, 0.15) is 42.4 Å². The van der Waals surface area contributed by atoms with Crippen molar-refractivity contribution >= 4 is 35.0 Å². The Kier molecular flexibility index (Phi) is 9.48. The van der Waals surface area contributed by atoms with Gasteiger partial charge < -0.3 is 15.0 Å². The van der Waals surface area contributed by atoms with Crippen LogP contribution in [0.4, 0.5) is 0 Å². The Bertz CT molecular complexity index is 1200. The van der Waals surface area contributed by atoms with Gasteiger partial charge in [0.1, 0.15) is 11.8 Å². The van der Waals surface area contributed by atoms with Crippen molar-refractivity contribution in [2.45, 2.75) is 57.7 Å². The van der Waals surface area contributed by atoms with Crippen LogP contribution in [-0.4, -0.2) is 35.4 Å². The highest BCUT2D eigenvalue weighted by Gasteiger charge is 2.32. The fourth-order valence-corrected chi connectivity index (χ4v) is 5.09. The number of aryl methyl sites for hydroxylation is 1. The molecule has 0 spiro atoms. The summed E-state index contributed by atoms with van der Waals surface area (Å²) in [7, 11) is 0. The highest BCUT2D eigenvalue weighted by atomic mass is 35.5. The van der Waals surface area contributed by atoms with Crippen LogP contribution in [0, 0.1) is 6.92 Å². The molecular formula is C30H32Cl2N2O3. The second-order valence-electron chi connectivity index (χ2n) is 9.57. The number of carbonyl (C=O) groups is 2. The molecular weight excluding hydrogens is 507 g/mol. The van der Waals surface area contributed by atoms with Gasteiger partial charge >= 0.3 is 0 Å². The summed E-state index contributed by atoms with van der Waals surface area (Å²) in [5.41, 5.74) is 3.05. The lowest BCUT2D eigenvalue weighted by Gasteiger charge is -2.32. The summed E-state index contributed by atoms with van der Waals surface area (Å²) >= 11 is 12.2. The van der Waals surface area contributed by atoms with Crippen LogP contribution in [0.3, 0.4) is 0 Å². The molecule has 0 aliphatic heterocycles. The van der Waals surface area contributed by atoms with Crippen LogP contribution in [-0.2, 0) is 22.6 Å². The molecule has 194 valence electrons. The standard InChI is InChI=1S/C30H32Cl2N2O3/c1-21-11-13-23(14-12-21)19-34(29(35)20-37-28-16-15-24(31)18-26(28)32)27(17-22-7-3-2-4-8-22)30(36)33-25-9-5-6-10-25/h2-4,7-8,11-16,18,25,27H,5-6,9-10,17,19-20H2,1H3,(H,33,36)/t27-/m1/s1. The van der Waals surface area contributed by atoms with Crippen LogP contribution >= 0.6 is 23.2 Å². The summed E-state index contributed by atoms with van der Waals surface area (Å²) in [6, 6.07) is 22.1. The van der Waals surface area contributed by atoms with Crippen LogP contribution in [0.15, 0.2) is 72.8 Å². The molecule has 5 nitrogen and oxygen atoms in total. The van der Waals surface area contributed by atoms with E-state index in [4.69, 9.17) is 27.9 Å². The molecule has 2 amide bonds. The van der Waals surface area contributed by atoms with E-state index in [1.165, 1.54) is 0 Å². The van der Waals surface area contributed by atoms with Gasteiger partial charge in [-0.05, 0) is 49.1 Å². The Balaban J connectivity index is 1.61. The first kappa shape index (κ1) is 27.0. The van der Waals surface area contributed by atoms with Gasteiger partial charge in [-0.3, -0.25) is 9.59 Å². The lowest BCUT2D eigenvalue weighted by Crippen LogP contribution is -2.53. The van der Waals surface area contributed by atoms with Gasteiger partial charge in [-0.1, -0.05) is 96.2 Å². The topological polar surface area (TPSA) is 58.6 Å². The zero-order valence-corrected chi connectivity index (χ0v) is 22.5. The first-order chi connectivity index (χ1) is 17.9. The number of amides is 2. The van der Waals surface area contributed by atoms with Gasteiger partial charge in [0.25, 0.3) is 5.91 Å². The van der Waals surface area contributed by atoms with E-state index in [9.17, 15) is 9.59 Å². The molecule has 3 aromatic rings. The average molecular weight is 540 g/mol. The predicted octanol–water partition coefficient (Wildman–Crippen LogP) is 6.38. The lowest BCUT2D eigenvalue weighted by molar-refractivity contribution is -0.143. The van der Waals surface area contributed by atoms with Gasteiger partial charge in [0.2, 0.25) is 5.91 Å². The van der Waals surface area contributed by atoms with E-state index in [1.54, 1.807) is 23.1 Å². The summed E-state index contributed by atoms with van der Waals surface area (Å²) in [6.07, 6.45) is 4.55. The van der Waals surface area contributed by atoms with Crippen molar-refractivity contribution < 1.29 is 14.3 Å². The van der Waals surface area contributed by atoms with E-state index < -0.39 is 6.04 Å². The van der Waals surface area contributed by atoms with Crippen LogP contribution in [0.5, 0.6) is 5.75 Å². The average Bonchev–Trinajstić information content (AvgIpc) is 3.40. The predicted molar refractivity (Wildman–Crippen MR) is 148 cm³/mol. The Morgan fingerprint density at radius 2 is 1.68 bits per heavy atom. The summed E-state index contributed by atoms with van der Waals surface area (Å²) in [5.74, 6) is -0.0699. The Morgan fingerprint density at radius 1 is 0.973 bits per heavy atom. The van der Waals surface area contributed by atoms with E-state index in [1.807, 2.05) is 61.5 Å². The molecule has 1 fully saturated rings. The van der Waals surface area contributed by atoms with E-state index in [0.29, 0.717) is 22.2 Å². The number of halogens is 2. The van der Waals surface area contributed by atoms with Gasteiger partial charge in [0, 0.05) is 24.0 Å². The molecule has 0 saturated heterocycles. The van der Waals surface area contributed by atoms with Gasteiger partial charge in [0.05, 0.1) is 5.02 Å². The second kappa shape index (κ2) is 13.0. The fraction of sp³-hybridized carbons (Fsp3) is 0.333. The van der Waals surface area contributed by atoms with Gasteiger partial charge in [-0.15, -0.1) is 0 Å². The quantitative estimate of drug-likeness (QED) is 0.325. The molecule has 4 rings (SSSR count). The number of hydrogen-bond acceptors (Lipinski definition) is 3. The maximum Gasteiger partial charge on any atom is 0.261 e. The number of ether oxygens (including phenoxy) is 1. The molecule has 37 heavy (non-hydrogen) atoms. The molecule has 3 aromatic carbocycles. The van der Waals surface area contributed by atoms with Crippen molar-refractivity contribution in [2.24, 2.45) is 0 Å². The number of rotatable bonds is 10. The van der Waals surface area contributed by atoms with Crippen LogP contribution < -0.4 is 10.1 Å². The highest BCUT2D eigenvalue weighted by molar-refractivity contribution is 6.35. The molecule has 1 saturated carbocycles. The van der Waals surface area contributed by atoms with Gasteiger partial charge in [-0.2, -0.15) is 0 Å². The monoisotopic (exact) mass is 538 g/mol. The molecule has 0 bridgehead atoms. The van der Waals surface area contributed by atoms with Crippen molar-refractivity contribution in [3.8, 4) is 5.75 Å². The van der Waals surface area contributed by atoms with Crippen molar-refractivity contribution in [2.75, 3.05) is 6.61 Å². The minimum atomic E-state index is -0.693. The molecule has 7 heteroatoms. The van der Waals surface area contributed by atoms with Gasteiger partial charge in [0.15, 0.2) is 6.61 Å². The molecule has 0 aromatic heterocycles. The van der Waals surface area contributed by atoms with E-state index in [2.05, 4.69) is 5.32 Å². The maximum absolute atomic E-state index is 13.7. The normalized spacial score (nSPS) is 14.2. The van der Waals surface area contributed by atoms with E-state index in [-0.39, 0.29) is 31.0 Å². The maximum atomic E-state index is 13.7. The molecule has 0 radical (unpaired) electrons. The van der Waals surface area contributed by atoms with Crippen molar-refractivity contribution in [1.29, 1.82) is 0 Å². The number of nitrogens with zero attached hydrogens (tertiary/aromatic N) is 1. The van der Waals surface area contributed by atoms with E-state index in [0.717, 1.165) is 42.4 Å². The van der Waals surface area contributed by atoms with Crippen LogP contribution in [0.2, 0.25) is 10.0 Å². The molecule has 1 atom stereocenters. The summed E-state index contributed by atoms with van der Waals surface area (Å²) in [4.78, 5) is 29.0. The van der Waals surface area contributed by atoms with Crippen LogP contribution in [0.25, 0.3) is 0 Å². The number of nitrogens with one attached hydrogen (secondary N) is 1. The number of benzene rings is 3. The minimum absolute atomic E-state index is 0.138. The Morgan fingerprint density at radius 3 is 2.35 bits per heavy atom. The molecule has 1 N–H and O–H groups in total. The zero-order valence-electron chi connectivity index (χ0n) is 21.0. The smallest absolute Gasteiger partial charge is 0.261 e. The van der Waals surface area contributed by atoms with E-state index >= 15 is 0 Å². The van der Waals surface area contributed by atoms with Gasteiger partial charge in [-0.25, -0.2) is 0 Å². The Hall–Kier alpha value is -3.02. The highest BCUT2D eigenvalue weighted by Crippen LogP contribution is 2.28. The third-order valence-electron chi connectivity index (χ3n) is 6.69. The SMILES string of the molecule is Cc1ccc(CN(C(=O)COc2ccc(Cl)cc2Cl)[C@H](Cc2ccccc2)C(=O)NC2CCCC2)cc1. The second-order valence-corrected chi connectivity index (χ2v) is 10.4. The molecule has 0 heterocycles. The summed E-state index contributed by atoms with van der Waals surface area (Å²) < 4.78 is 5.79. The summed E-state index contributed by atoms with van der Waals surface area (Å²) in [6.45, 7) is 2.05. The van der Waals surface area contributed by atoms with Crippen molar-refractivity contribution in [1.82, 2.24) is 10.2 Å². The van der Waals surface area contributed by atoms with Crippen molar-refractivity contribution in [3.05, 3.63) is 99.5 Å². The number of hydrogen-bond donors (Lipinski definition) is 1. The third kappa shape index (κ3) is 7.73. The number of carbonyl (C=O) groups excluding carboxylic acids is 2. The zero-order chi connectivity index (χ0) is 26.2. The fourth-order valence-electron chi connectivity index (χ4n) is 4.63. The molecule has 0 unspecified atom stereocenters. The third-order valence-corrected chi connectivity index (χ3v) is 7.22. The molecule has 1 aliphatic carbocycles. The van der Waals surface area contributed by atoms with Crippen molar-refractivity contribution in [3.63, 3.8) is 0 Å². The lowest BCUT2D eigenvalue weighted by atomic mass is 10.0. The summed E-state index contributed by atoms with van der Waals surface area (Å²) in [5, 5.41) is 4.02. The first-order valence-electron chi connectivity index (χ1n) is 12.7. The largest absolute Gasteiger partial charge is 0.482 e. The molecule has 1 aliphatic rings. The first-order valence-corrected chi connectivity index (χ1v) is 13.4. The Labute approximate surface area is 228 Å².